The zero-order valence-electron chi connectivity index (χ0n) is 6.97. The minimum Gasteiger partial charge on any atom is -0.389 e. The van der Waals surface area contributed by atoms with Crippen LogP contribution in [0.25, 0.3) is 0 Å². The smallest absolute Gasteiger partial charge is 0.185 e. The minimum absolute atomic E-state index is 0.465. The van der Waals surface area contributed by atoms with Crippen molar-refractivity contribution in [2.45, 2.75) is 19.4 Å². The lowest BCUT2D eigenvalue weighted by molar-refractivity contribution is 0.0944. The Morgan fingerprint density at radius 2 is 2.42 bits per heavy atom. The molecular weight excluding hydrogens is 196 g/mol. The van der Waals surface area contributed by atoms with Crippen molar-refractivity contribution in [1.82, 2.24) is 4.98 Å². The van der Waals surface area contributed by atoms with Crippen LogP contribution < -0.4 is 5.32 Å². The number of hydrogen-bond donors (Lipinski definition) is 2. The Hall–Kier alpha value is -0.320. The maximum atomic E-state index is 9.37. The molecule has 5 heteroatoms. The van der Waals surface area contributed by atoms with Crippen LogP contribution in [0.2, 0.25) is 4.47 Å². The Bertz CT molecular complexity index is 256. The van der Waals surface area contributed by atoms with Gasteiger partial charge in [-0.1, -0.05) is 11.6 Å². The number of aliphatic hydroxyl groups is 1. The van der Waals surface area contributed by atoms with Crippen molar-refractivity contribution in [3.63, 3.8) is 0 Å². The average Bonchev–Trinajstić information content (AvgIpc) is 2.30. The van der Waals surface area contributed by atoms with Gasteiger partial charge in [-0.15, -0.1) is 11.3 Å². The molecule has 0 amide bonds. The lowest BCUT2D eigenvalue weighted by atomic mass is 10.1. The molecule has 1 aromatic rings. The van der Waals surface area contributed by atoms with Crippen molar-refractivity contribution in [2.24, 2.45) is 0 Å². The van der Waals surface area contributed by atoms with Crippen molar-refractivity contribution in [2.75, 3.05) is 11.9 Å². The Balaban J connectivity index is 2.44. The number of halogens is 1. The zero-order chi connectivity index (χ0) is 9.19. The SMILES string of the molecule is CC(C)(O)CNc1csc(Cl)n1. The lowest BCUT2D eigenvalue weighted by Crippen LogP contribution is -2.29. The van der Waals surface area contributed by atoms with E-state index >= 15 is 0 Å². The molecule has 12 heavy (non-hydrogen) atoms. The van der Waals surface area contributed by atoms with E-state index in [1.54, 1.807) is 13.8 Å². The van der Waals surface area contributed by atoms with Crippen molar-refractivity contribution >= 4 is 28.8 Å². The highest BCUT2D eigenvalue weighted by Gasteiger charge is 2.12. The monoisotopic (exact) mass is 206 g/mol. The fourth-order valence-corrected chi connectivity index (χ4v) is 1.36. The largest absolute Gasteiger partial charge is 0.389 e. The van der Waals surface area contributed by atoms with Gasteiger partial charge in [0.2, 0.25) is 0 Å². The summed E-state index contributed by atoms with van der Waals surface area (Å²) in [5.74, 6) is 0.715. The molecule has 2 N–H and O–H groups in total. The molecule has 0 aliphatic carbocycles. The van der Waals surface area contributed by atoms with Gasteiger partial charge in [-0.2, -0.15) is 0 Å². The zero-order valence-corrected chi connectivity index (χ0v) is 8.54. The Kier molecular flexibility index (Phi) is 2.93. The molecule has 0 atom stereocenters. The fraction of sp³-hybridized carbons (Fsp3) is 0.571. The molecule has 1 rings (SSSR count). The van der Waals surface area contributed by atoms with E-state index in [-0.39, 0.29) is 0 Å². The number of nitrogens with zero attached hydrogens (tertiary/aromatic N) is 1. The summed E-state index contributed by atoms with van der Waals surface area (Å²) in [6, 6.07) is 0. The molecule has 0 aliphatic rings. The van der Waals surface area contributed by atoms with E-state index in [9.17, 15) is 5.11 Å². The molecule has 3 nitrogen and oxygen atoms in total. The molecule has 0 saturated carbocycles. The van der Waals surface area contributed by atoms with E-state index in [4.69, 9.17) is 11.6 Å². The van der Waals surface area contributed by atoms with Gasteiger partial charge in [-0.25, -0.2) is 4.98 Å². The number of thiazole rings is 1. The topological polar surface area (TPSA) is 45.1 Å². The van der Waals surface area contributed by atoms with Crippen LogP contribution in [0.5, 0.6) is 0 Å². The molecule has 0 bridgehead atoms. The third-order valence-corrected chi connectivity index (χ3v) is 2.16. The number of aromatic nitrogens is 1. The van der Waals surface area contributed by atoms with Crippen molar-refractivity contribution in [3.05, 3.63) is 9.85 Å². The molecule has 68 valence electrons. The lowest BCUT2D eigenvalue weighted by Gasteiger charge is -2.16. The van der Waals surface area contributed by atoms with Gasteiger partial charge in [-0.3, -0.25) is 0 Å². The number of hydrogen-bond acceptors (Lipinski definition) is 4. The van der Waals surface area contributed by atoms with Crippen LogP contribution in [0.15, 0.2) is 5.38 Å². The summed E-state index contributed by atoms with van der Waals surface area (Å²) in [7, 11) is 0. The van der Waals surface area contributed by atoms with Crippen LogP contribution >= 0.6 is 22.9 Å². The average molecular weight is 207 g/mol. The molecule has 1 aromatic heterocycles. The number of nitrogens with one attached hydrogen (secondary N) is 1. The predicted molar refractivity (Wildman–Crippen MR) is 51.9 cm³/mol. The molecule has 0 aliphatic heterocycles. The Morgan fingerprint density at radius 1 is 1.75 bits per heavy atom. The summed E-state index contributed by atoms with van der Waals surface area (Å²) in [4.78, 5) is 3.98. The van der Waals surface area contributed by atoms with E-state index < -0.39 is 5.60 Å². The highest BCUT2D eigenvalue weighted by Crippen LogP contribution is 2.18. The summed E-state index contributed by atoms with van der Waals surface area (Å²) < 4.78 is 0.508. The van der Waals surface area contributed by atoms with E-state index in [0.29, 0.717) is 16.8 Å². The van der Waals surface area contributed by atoms with Crippen LogP contribution in [-0.4, -0.2) is 22.2 Å². The van der Waals surface area contributed by atoms with Crippen LogP contribution in [-0.2, 0) is 0 Å². The molecule has 0 unspecified atom stereocenters. The molecule has 0 radical (unpaired) electrons. The number of anilines is 1. The van der Waals surface area contributed by atoms with Crippen LogP contribution in [0.4, 0.5) is 5.82 Å². The summed E-state index contributed by atoms with van der Waals surface area (Å²) in [6.07, 6.45) is 0. The maximum absolute atomic E-state index is 9.37. The first-order chi connectivity index (χ1) is 5.47. The van der Waals surface area contributed by atoms with Gasteiger partial charge < -0.3 is 10.4 Å². The van der Waals surface area contributed by atoms with Gasteiger partial charge in [0.15, 0.2) is 4.47 Å². The van der Waals surface area contributed by atoms with Crippen LogP contribution in [0, 0.1) is 0 Å². The van der Waals surface area contributed by atoms with Crippen molar-refractivity contribution in [3.8, 4) is 0 Å². The highest BCUT2D eigenvalue weighted by molar-refractivity contribution is 7.14. The first kappa shape index (κ1) is 9.77. The second kappa shape index (κ2) is 3.60. The normalized spacial score (nSPS) is 11.7. The molecular formula is C7H11ClN2OS. The Morgan fingerprint density at radius 3 is 2.83 bits per heavy atom. The first-order valence-corrected chi connectivity index (χ1v) is 4.80. The molecule has 0 spiro atoms. The summed E-state index contributed by atoms with van der Waals surface area (Å²) >= 11 is 6.98. The Labute approximate surface area is 80.4 Å². The summed E-state index contributed by atoms with van der Waals surface area (Å²) in [5.41, 5.74) is -0.726. The third kappa shape index (κ3) is 3.38. The first-order valence-electron chi connectivity index (χ1n) is 3.55. The molecule has 0 saturated heterocycles. The van der Waals surface area contributed by atoms with E-state index in [2.05, 4.69) is 10.3 Å². The van der Waals surface area contributed by atoms with Crippen molar-refractivity contribution < 1.29 is 5.11 Å². The van der Waals surface area contributed by atoms with E-state index in [1.165, 1.54) is 11.3 Å². The maximum Gasteiger partial charge on any atom is 0.185 e. The molecule has 0 fully saturated rings. The third-order valence-electron chi connectivity index (χ3n) is 1.18. The van der Waals surface area contributed by atoms with Gasteiger partial charge in [-0.05, 0) is 13.8 Å². The van der Waals surface area contributed by atoms with Crippen LogP contribution in [0.3, 0.4) is 0 Å². The summed E-state index contributed by atoms with van der Waals surface area (Å²) in [5, 5.41) is 14.1. The standard InChI is InChI=1S/C7H11ClN2OS/c1-7(2,11)4-9-5-3-12-6(8)10-5/h3,9,11H,4H2,1-2H3. The predicted octanol–water partition coefficient (Wildman–Crippen LogP) is 1.98. The minimum atomic E-state index is -0.726. The van der Waals surface area contributed by atoms with Gasteiger partial charge in [0, 0.05) is 11.9 Å². The van der Waals surface area contributed by atoms with Gasteiger partial charge in [0.1, 0.15) is 5.82 Å². The fourth-order valence-electron chi connectivity index (χ4n) is 0.640. The van der Waals surface area contributed by atoms with Gasteiger partial charge in [0.05, 0.1) is 5.60 Å². The molecule has 1 heterocycles. The quantitative estimate of drug-likeness (QED) is 0.795. The summed E-state index contributed by atoms with van der Waals surface area (Å²) in [6.45, 7) is 3.93. The van der Waals surface area contributed by atoms with E-state index in [0.717, 1.165) is 0 Å². The highest BCUT2D eigenvalue weighted by atomic mass is 35.5. The number of rotatable bonds is 3. The van der Waals surface area contributed by atoms with Crippen LogP contribution in [0.1, 0.15) is 13.8 Å². The second-order valence-corrected chi connectivity index (χ2v) is 4.59. The van der Waals surface area contributed by atoms with Gasteiger partial charge in [0.25, 0.3) is 0 Å². The second-order valence-electron chi connectivity index (χ2n) is 3.15. The van der Waals surface area contributed by atoms with Gasteiger partial charge >= 0.3 is 0 Å². The molecule has 0 aromatic carbocycles. The van der Waals surface area contributed by atoms with E-state index in [1.807, 2.05) is 5.38 Å². The van der Waals surface area contributed by atoms with Crippen molar-refractivity contribution in [1.29, 1.82) is 0 Å².